The van der Waals surface area contributed by atoms with Gasteiger partial charge in [0.2, 0.25) is 0 Å². The summed E-state index contributed by atoms with van der Waals surface area (Å²) < 4.78 is 1.21. The van der Waals surface area contributed by atoms with E-state index in [-0.39, 0.29) is 5.54 Å². The third-order valence-corrected chi connectivity index (χ3v) is 6.32. The molecule has 102 valence electrons. The molecule has 1 aliphatic carbocycles. The van der Waals surface area contributed by atoms with Gasteiger partial charge in [0.25, 0.3) is 0 Å². The Morgan fingerprint density at radius 1 is 1.44 bits per heavy atom. The summed E-state index contributed by atoms with van der Waals surface area (Å²) in [4.78, 5) is 2.48. The number of hydrogen-bond acceptors (Lipinski definition) is 3. The highest BCUT2D eigenvalue weighted by atomic mass is 79.9. The molecule has 0 aromatic carbocycles. The smallest absolute Gasteiger partial charge is 0.0701 e. The monoisotopic (exact) mass is 330 g/mol. The maximum atomic E-state index is 6.16. The molecular weight excluding hydrogens is 308 g/mol. The summed E-state index contributed by atoms with van der Waals surface area (Å²) in [7, 11) is 2.23. The highest BCUT2D eigenvalue weighted by molar-refractivity contribution is 9.11. The Hall–Kier alpha value is 0.1000. The van der Waals surface area contributed by atoms with Crippen molar-refractivity contribution in [2.45, 2.75) is 45.2 Å². The average Bonchev–Trinajstić information content (AvgIpc) is 2.82. The molecule has 1 heterocycles. The Kier molecular flexibility index (Phi) is 4.22. The molecule has 2 rings (SSSR count). The summed E-state index contributed by atoms with van der Waals surface area (Å²) in [5.74, 6) is 0. The number of thiophene rings is 1. The van der Waals surface area contributed by atoms with Gasteiger partial charge in [-0.1, -0.05) is 20.3 Å². The van der Waals surface area contributed by atoms with Gasteiger partial charge in [-0.2, -0.15) is 0 Å². The van der Waals surface area contributed by atoms with Gasteiger partial charge in [-0.05, 0) is 58.2 Å². The minimum Gasteiger partial charge on any atom is -0.329 e. The summed E-state index contributed by atoms with van der Waals surface area (Å²) >= 11 is 5.29. The zero-order chi connectivity index (χ0) is 13.4. The summed E-state index contributed by atoms with van der Waals surface area (Å²) in [6, 6.07) is 2.22. The van der Waals surface area contributed by atoms with Gasteiger partial charge in [-0.3, -0.25) is 4.90 Å². The van der Waals surface area contributed by atoms with Gasteiger partial charge in [0, 0.05) is 18.6 Å². The van der Waals surface area contributed by atoms with Gasteiger partial charge in [-0.25, -0.2) is 0 Å². The second-order valence-electron chi connectivity index (χ2n) is 6.09. The van der Waals surface area contributed by atoms with Crippen LogP contribution in [0.15, 0.2) is 15.2 Å². The van der Waals surface area contributed by atoms with Crippen LogP contribution in [0.4, 0.5) is 0 Å². The van der Waals surface area contributed by atoms with Crippen molar-refractivity contribution in [3.63, 3.8) is 0 Å². The van der Waals surface area contributed by atoms with E-state index in [2.05, 4.69) is 53.2 Å². The van der Waals surface area contributed by atoms with Crippen molar-refractivity contribution >= 4 is 27.3 Å². The summed E-state index contributed by atoms with van der Waals surface area (Å²) in [5, 5.41) is 2.23. The maximum absolute atomic E-state index is 6.16. The van der Waals surface area contributed by atoms with Crippen molar-refractivity contribution in [1.82, 2.24) is 4.90 Å². The van der Waals surface area contributed by atoms with Crippen molar-refractivity contribution in [1.29, 1.82) is 0 Å². The standard InChI is InChI=1S/C14H23BrN2S/c1-13(2)5-4-6-14(13,10-16)17(3)8-11-7-12(15)18-9-11/h7,9H,4-6,8,10,16H2,1-3H3. The summed E-state index contributed by atoms with van der Waals surface area (Å²) in [6.45, 7) is 6.48. The van der Waals surface area contributed by atoms with Crippen LogP contribution in [0.2, 0.25) is 0 Å². The van der Waals surface area contributed by atoms with E-state index in [9.17, 15) is 0 Å². The van der Waals surface area contributed by atoms with Crippen LogP contribution in [-0.2, 0) is 6.54 Å². The Balaban J connectivity index is 2.18. The van der Waals surface area contributed by atoms with E-state index in [4.69, 9.17) is 5.73 Å². The fourth-order valence-electron chi connectivity index (χ4n) is 3.49. The summed E-state index contributed by atoms with van der Waals surface area (Å²) in [6.07, 6.45) is 3.79. The van der Waals surface area contributed by atoms with E-state index in [0.29, 0.717) is 5.41 Å². The number of nitrogens with two attached hydrogens (primary N) is 1. The van der Waals surface area contributed by atoms with Crippen LogP contribution in [-0.4, -0.2) is 24.0 Å². The normalized spacial score (nSPS) is 27.0. The molecule has 18 heavy (non-hydrogen) atoms. The molecule has 1 unspecified atom stereocenters. The topological polar surface area (TPSA) is 29.3 Å². The lowest BCUT2D eigenvalue weighted by atomic mass is 9.73. The number of hydrogen-bond donors (Lipinski definition) is 1. The molecule has 1 aliphatic rings. The molecule has 1 aromatic rings. The molecule has 0 saturated heterocycles. The van der Waals surface area contributed by atoms with Crippen LogP contribution in [0, 0.1) is 5.41 Å². The molecule has 0 amide bonds. The van der Waals surface area contributed by atoms with E-state index in [1.54, 1.807) is 11.3 Å². The molecule has 0 spiro atoms. The maximum Gasteiger partial charge on any atom is 0.0701 e. The highest BCUT2D eigenvalue weighted by Gasteiger charge is 2.50. The van der Waals surface area contributed by atoms with Gasteiger partial charge in [0.15, 0.2) is 0 Å². The number of nitrogens with zero attached hydrogens (tertiary/aromatic N) is 1. The number of halogens is 1. The Morgan fingerprint density at radius 2 is 2.17 bits per heavy atom. The van der Waals surface area contributed by atoms with Crippen molar-refractivity contribution < 1.29 is 0 Å². The number of likely N-dealkylation sites (N-methyl/N-ethyl adjacent to an activating group) is 1. The zero-order valence-corrected chi connectivity index (χ0v) is 13.9. The van der Waals surface area contributed by atoms with Crippen LogP contribution in [0.5, 0.6) is 0 Å². The first kappa shape index (κ1) is 14.5. The largest absolute Gasteiger partial charge is 0.329 e. The van der Waals surface area contributed by atoms with Crippen LogP contribution >= 0.6 is 27.3 Å². The van der Waals surface area contributed by atoms with Gasteiger partial charge in [0.1, 0.15) is 0 Å². The molecule has 0 aliphatic heterocycles. The lowest BCUT2D eigenvalue weighted by Crippen LogP contribution is -2.57. The quantitative estimate of drug-likeness (QED) is 0.908. The van der Waals surface area contributed by atoms with E-state index in [1.807, 2.05) is 0 Å². The first-order chi connectivity index (χ1) is 8.41. The summed E-state index contributed by atoms with van der Waals surface area (Å²) in [5.41, 5.74) is 8.00. The van der Waals surface area contributed by atoms with Crippen molar-refractivity contribution in [2.24, 2.45) is 11.1 Å². The predicted octanol–water partition coefficient (Wildman–Crippen LogP) is 3.85. The second kappa shape index (κ2) is 5.23. The minimum atomic E-state index is 0.154. The van der Waals surface area contributed by atoms with Crippen molar-refractivity contribution in [3.05, 3.63) is 20.8 Å². The molecule has 2 N–H and O–H groups in total. The van der Waals surface area contributed by atoms with E-state index in [0.717, 1.165) is 13.1 Å². The van der Waals surface area contributed by atoms with Crippen LogP contribution < -0.4 is 5.73 Å². The third kappa shape index (κ3) is 2.40. The molecule has 4 heteroatoms. The van der Waals surface area contributed by atoms with Gasteiger partial charge in [-0.15, -0.1) is 11.3 Å². The molecule has 1 aromatic heterocycles. The minimum absolute atomic E-state index is 0.154. The van der Waals surface area contributed by atoms with Crippen molar-refractivity contribution in [3.8, 4) is 0 Å². The van der Waals surface area contributed by atoms with E-state index in [1.165, 1.54) is 28.6 Å². The molecule has 0 radical (unpaired) electrons. The van der Waals surface area contributed by atoms with Gasteiger partial charge < -0.3 is 5.73 Å². The number of rotatable bonds is 4. The molecule has 1 atom stereocenters. The molecule has 2 nitrogen and oxygen atoms in total. The molecule has 1 fully saturated rings. The fourth-order valence-corrected chi connectivity index (χ4v) is 4.69. The van der Waals surface area contributed by atoms with Crippen LogP contribution in [0.3, 0.4) is 0 Å². The average molecular weight is 331 g/mol. The molecule has 0 bridgehead atoms. The Labute approximate surface area is 123 Å². The Morgan fingerprint density at radius 3 is 2.61 bits per heavy atom. The fraction of sp³-hybridized carbons (Fsp3) is 0.714. The first-order valence-corrected chi connectivity index (χ1v) is 8.23. The Bertz CT molecular complexity index is 416. The highest BCUT2D eigenvalue weighted by Crippen LogP contribution is 2.49. The van der Waals surface area contributed by atoms with Gasteiger partial charge >= 0.3 is 0 Å². The lowest BCUT2D eigenvalue weighted by Gasteiger charge is -2.48. The van der Waals surface area contributed by atoms with Crippen LogP contribution in [0.25, 0.3) is 0 Å². The lowest BCUT2D eigenvalue weighted by molar-refractivity contribution is 0.0277. The predicted molar refractivity (Wildman–Crippen MR) is 82.9 cm³/mol. The first-order valence-electron chi connectivity index (χ1n) is 6.55. The van der Waals surface area contributed by atoms with Crippen molar-refractivity contribution in [2.75, 3.05) is 13.6 Å². The SMILES string of the molecule is CN(Cc1csc(Br)c1)C1(CN)CCCC1(C)C. The van der Waals surface area contributed by atoms with Gasteiger partial charge in [0.05, 0.1) is 3.79 Å². The third-order valence-electron chi connectivity index (χ3n) is 4.76. The van der Waals surface area contributed by atoms with E-state index < -0.39 is 0 Å². The van der Waals surface area contributed by atoms with Crippen LogP contribution in [0.1, 0.15) is 38.7 Å². The molecule has 1 saturated carbocycles. The second-order valence-corrected chi connectivity index (χ2v) is 8.38. The molecular formula is C14H23BrN2S. The zero-order valence-electron chi connectivity index (χ0n) is 11.5. The van der Waals surface area contributed by atoms with E-state index >= 15 is 0 Å².